The van der Waals surface area contributed by atoms with Crippen LogP contribution in [0.25, 0.3) is 22.4 Å². The van der Waals surface area contributed by atoms with Gasteiger partial charge in [-0.1, -0.05) is 25.3 Å². The molecule has 2 fully saturated rings. The summed E-state index contributed by atoms with van der Waals surface area (Å²) in [5, 5.41) is 11.6. The van der Waals surface area contributed by atoms with E-state index in [1.165, 1.54) is 6.20 Å². The van der Waals surface area contributed by atoms with E-state index in [2.05, 4.69) is 35.1 Å². The van der Waals surface area contributed by atoms with Gasteiger partial charge in [-0.05, 0) is 68.4 Å². The van der Waals surface area contributed by atoms with Gasteiger partial charge in [-0.15, -0.1) is 0 Å². The number of aliphatic carboxylic acids is 1. The highest BCUT2D eigenvalue weighted by atomic mass is 19.4. The molecule has 6 rings (SSSR count). The van der Waals surface area contributed by atoms with Crippen LogP contribution in [0.4, 0.5) is 24.8 Å². The summed E-state index contributed by atoms with van der Waals surface area (Å²) in [7, 11) is 3.64. The van der Waals surface area contributed by atoms with Crippen molar-refractivity contribution in [1.82, 2.24) is 24.9 Å². The van der Waals surface area contributed by atoms with Crippen LogP contribution in [0.1, 0.15) is 91.1 Å². The molecule has 0 radical (unpaired) electrons. The molecule has 11 nitrogen and oxygen atoms in total. The first-order valence-electron chi connectivity index (χ1n) is 16.6. The fourth-order valence-electron chi connectivity index (χ4n) is 6.78. The third kappa shape index (κ3) is 8.18. The van der Waals surface area contributed by atoms with Gasteiger partial charge in [-0.25, -0.2) is 9.97 Å². The minimum absolute atomic E-state index is 0.00764. The first-order valence-corrected chi connectivity index (χ1v) is 16.6. The van der Waals surface area contributed by atoms with Gasteiger partial charge in [-0.2, -0.15) is 18.2 Å². The van der Waals surface area contributed by atoms with Gasteiger partial charge < -0.3 is 19.7 Å². The number of nitrogens with zero attached hydrogens (tertiary/aromatic N) is 5. The molecule has 0 aliphatic heterocycles. The Hall–Kier alpha value is -4.59. The molecule has 0 unspecified atom stereocenters. The Labute approximate surface area is 281 Å². The number of imidazole rings is 1. The summed E-state index contributed by atoms with van der Waals surface area (Å²) in [5.74, 6) is -1.29. The van der Waals surface area contributed by atoms with Crippen LogP contribution in [-0.4, -0.2) is 69.2 Å². The molecule has 3 N–H and O–H groups in total. The summed E-state index contributed by atoms with van der Waals surface area (Å²) in [6.07, 6.45) is 4.85. The smallest absolute Gasteiger partial charge is 0.433 e. The summed E-state index contributed by atoms with van der Waals surface area (Å²) in [4.78, 5) is 46.6. The van der Waals surface area contributed by atoms with Crippen LogP contribution in [0.5, 0.6) is 0 Å². The molecule has 4 heterocycles. The third-order valence-electron chi connectivity index (χ3n) is 9.36. The van der Waals surface area contributed by atoms with Crippen molar-refractivity contribution in [3.63, 3.8) is 0 Å². The molecule has 0 aromatic carbocycles. The van der Waals surface area contributed by atoms with Gasteiger partial charge in [0.2, 0.25) is 5.95 Å². The molecular formula is C35H40F3N7O4. The van der Waals surface area contributed by atoms with E-state index in [4.69, 9.17) is 9.84 Å². The van der Waals surface area contributed by atoms with Crippen molar-refractivity contribution in [1.29, 1.82) is 0 Å². The van der Waals surface area contributed by atoms with Crippen LogP contribution < -0.4 is 10.2 Å². The Bertz CT molecular complexity index is 1810. The Morgan fingerprint density at radius 3 is 2.53 bits per heavy atom. The van der Waals surface area contributed by atoms with E-state index < -0.39 is 23.7 Å². The number of pyridine rings is 3. The number of carboxylic acid groups (broad SMARTS) is 1. The number of aryl methyl sites for hydroxylation is 1. The Kier molecular flexibility index (Phi) is 9.87. The number of carbonyl (C=O) groups is 2. The average molecular weight is 680 g/mol. The van der Waals surface area contributed by atoms with Crippen LogP contribution in [-0.2, 0) is 22.1 Å². The molecule has 260 valence electrons. The topological polar surface area (TPSA) is 146 Å². The standard InChI is InChI=1S/C35H40F3N7O4/c1-45(19-34(20-49-2)13-4-3-5-14-34)27-17-26(23-15-25(22-10-11-22)40-28(16-23)35(36,37)38)41-31-30(27)42-33(43-31)44-32(48)24-12-9-21(18-39-24)7-6-8-29(46)47/h9,12,15-18,22H,3-8,10-11,13-14,19-20H2,1-2H3,(H,46,47)(H2,41,42,43,44,48). The lowest BCUT2D eigenvalue weighted by Gasteiger charge is -2.40. The number of carboxylic acids is 1. The second-order valence-electron chi connectivity index (χ2n) is 13.4. The average Bonchev–Trinajstić information content (AvgIpc) is 3.84. The molecule has 0 saturated heterocycles. The summed E-state index contributed by atoms with van der Waals surface area (Å²) in [6, 6.07) is 7.77. The number of hydrogen-bond acceptors (Lipinski definition) is 8. The number of rotatable bonds is 13. The van der Waals surface area contributed by atoms with Crippen LogP contribution in [0.2, 0.25) is 0 Å². The van der Waals surface area contributed by atoms with Crippen LogP contribution in [0.3, 0.4) is 0 Å². The van der Waals surface area contributed by atoms with Gasteiger partial charge in [0.1, 0.15) is 16.9 Å². The predicted molar refractivity (Wildman–Crippen MR) is 178 cm³/mol. The number of fused-ring (bicyclic) bond motifs is 1. The highest BCUT2D eigenvalue weighted by Crippen LogP contribution is 2.43. The van der Waals surface area contributed by atoms with Crippen molar-refractivity contribution in [3.8, 4) is 11.3 Å². The molecule has 4 aromatic rings. The van der Waals surface area contributed by atoms with Gasteiger partial charge in [0, 0.05) is 55.9 Å². The third-order valence-corrected chi connectivity index (χ3v) is 9.36. The molecule has 14 heteroatoms. The number of aromatic amines is 1. The quantitative estimate of drug-likeness (QED) is 0.136. The molecule has 49 heavy (non-hydrogen) atoms. The fourth-order valence-corrected chi connectivity index (χ4v) is 6.78. The van der Waals surface area contributed by atoms with Crippen molar-refractivity contribution in [2.75, 3.05) is 37.5 Å². The maximum Gasteiger partial charge on any atom is 0.433 e. The lowest BCUT2D eigenvalue weighted by Crippen LogP contribution is -2.40. The van der Waals surface area contributed by atoms with Crippen LogP contribution >= 0.6 is 0 Å². The SMILES string of the molecule is COCC1(CN(C)c2cc(-c3cc(C4CC4)nc(C(F)(F)F)c3)nc3nc(NC(=O)c4ccc(CCCC(=O)O)cn4)[nH]c23)CCCCC1. The minimum atomic E-state index is -4.62. The van der Waals surface area contributed by atoms with Crippen molar-refractivity contribution < 1.29 is 32.6 Å². The molecular weight excluding hydrogens is 639 g/mol. The number of carbonyl (C=O) groups excluding carboxylic acids is 1. The van der Waals surface area contributed by atoms with Gasteiger partial charge in [0.05, 0.1) is 18.0 Å². The van der Waals surface area contributed by atoms with Crippen LogP contribution in [0.15, 0.2) is 36.5 Å². The molecule has 2 aliphatic carbocycles. The number of hydrogen-bond donors (Lipinski definition) is 3. The summed E-state index contributed by atoms with van der Waals surface area (Å²) >= 11 is 0. The van der Waals surface area contributed by atoms with Crippen molar-refractivity contribution >= 4 is 34.7 Å². The number of anilines is 2. The zero-order chi connectivity index (χ0) is 34.8. The molecule has 0 atom stereocenters. The number of alkyl halides is 3. The minimum Gasteiger partial charge on any atom is -0.481 e. The maximum absolute atomic E-state index is 14.0. The van der Waals surface area contributed by atoms with E-state index in [-0.39, 0.29) is 35.0 Å². The van der Waals surface area contributed by atoms with Gasteiger partial charge in [0.25, 0.3) is 5.91 Å². The number of amides is 1. The Balaban J connectivity index is 1.35. The zero-order valence-electron chi connectivity index (χ0n) is 27.6. The predicted octanol–water partition coefficient (Wildman–Crippen LogP) is 7.00. The zero-order valence-corrected chi connectivity index (χ0v) is 27.6. The highest BCUT2D eigenvalue weighted by Gasteiger charge is 2.37. The number of H-pyrrole nitrogens is 1. The van der Waals surface area contributed by atoms with Crippen molar-refractivity contribution in [3.05, 3.63) is 59.2 Å². The number of ether oxygens (including phenoxy) is 1. The Morgan fingerprint density at radius 2 is 1.88 bits per heavy atom. The van der Waals surface area contributed by atoms with Gasteiger partial charge >= 0.3 is 12.1 Å². The summed E-state index contributed by atoms with van der Waals surface area (Å²) < 4.78 is 47.6. The monoisotopic (exact) mass is 679 g/mol. The molecule has 1 amide bonds. The molecule has 0 spiro atoms. The lowest BCUT2D eigenvalue weighted by molar-refractivity contribution is -0.141. The van der Waals surface area contributed by atoms with E-state index in [0.29, 0.717) is 54.1 Å². The lowest BCUT2D eigenvalue weighted by atomic mass is 9.74. The van der Waals surface area contributed by atoms with Gasteiger partial charge in [-0.3, -0.25) is 19.9 Å². The molecule has 4 aromatic heterocycles. The highest BCUT2D eigenvalue weighted by molar-refractivity contribution is 6.03. The second-order valence-corrected chi connectivity index (χ2v) is 13.4. The number of aromatic nitrogens is 5. The van der Waals surface area contributed by atoms with Crippen LogP contribution in [0, 0.1) is 5.41 Å². The van der Waals surface area contributed by atoms with E-state index in [1.54, 1.807) is 31.4 Å². The first kappa shape index (κ1) is 34.3. The number of nitrogens with one attached hydrogen (secondary N) is 2. The normalized spacial score (nSPS) is 16.1. The van der Waals surface area contributed by atoms with Crippen molar-refractivity contribution in [2.24, 2.45) is 5.41 Å². The fraction of sp³-hybridized carbons (Fsp3) is 0.486. The van der Waals surface area contributed by atoms with E-state index in [1.807, 2.05) is 7.05 Å². The molecule has 2 saturated carbocycles. The number of halogens is 3. The molecule has 0 bridgehead atoms. The van der Waals surface area contributed by atoms with E-state index >= 15 is 0 Å². The number of methoxy groups -OCH3 is 1. The van der Waals surface area contributed by atoms with Crippen molar-refractivity contribution in [2.45, 2.75) is 76.3 Å². The maximum atomic E-state index is 14.0. The summed E-state index contributed by atoms with van der Waals surface area (Å²) in [5.41, 5.74) is 2.35. The van der Waals surface area contributed by atoms with E-state index in [9.17, 15) is 22.8 Å². The van der Waals surface area contributed by atoms with Gasteiger partial charge in [0.15, 0.2) is 5.65 Å². The second kappa shape index (κ2) is 14.1. The Morgan fingerprint density at radius 1 is 1.10 bits per heavy atom. The molecule has 2 aliphatic rings. The first-order chi connectivity index (χ1) is 23.4. The summed E-state index contributed by atoms with van der Waals surface area (Å²) in [6.45, 7) is 1.22. The largest absolute Gasteiger partial charge is 0.481 e. The van der Waals surface area contributed by atoms with E-state index in [0.717, 1.165) is 56.6 Å².